The molecule has 23 heavy (non-hydrogen) atoms. The van der Waals surface area contributed by atoms with Crippen molar-refractivity contribution in [2.24, 2.45) is 0 Å². The van der Waals surface area contributed by atoms with Crippen LogP contribution in [0.4, 0.5) is 9.93 Å². The Morgan fingerprint density at radius 2 is 1.91 bits per heavy atom. The Morgan fingerprint density at radius 3 is 2.43 bits per heavy atom. The average molecular weight is 364 g/mol. The van der Waals surface area contributed by atoms with Gasteiger partial charge < -0.3 is 15.4 Å². The molecule has 0 saturated heterocycles. The fourth-order valence-electron chi connectivity index (χ4n) is 1.51. The number of sulfonamides is 1. The summed E-state index contributed by atoms with van der Waals surface area (Å²) in [4.78, 5) is 15.7. The lowest BCUT2D eigenvalue weighted by Crippen LogP contribution is -2.34. The van der Waals surface area contributed by atoms with Gasteiger partial charge in [-0.15, -0.1) is 0 Å². The number of amides is 1. The van der Waals surface area contributed by atoms with Crippen LogP contribution in [0.3, 0.4) is 0 Å². The van der Waals surface area contributed by atoms with E-state index in [9.17, 15) is 13.2 Å². The molecule has 10 heteroatoms. The molecule has 0 unspecified atom stereocenters. The van der Waals surface area contributed by atoms with Crippen molar-refractivity contribution >= 4 is 32.6 Å². The van der Waals surface area contributed by atoms with Crippen molar-refractivity contribution in [1.82, 2.24) is 14.6 Å². The highest BCUT2D eigenvalue weighted by atomic mass is 32.2. The van der Waals surface area contributed by atoms with E-state index in [4.69, 9.17) is 4.74 Å². The predicted molar refractivity (Wildman–Crippen MR) is 90.5 cm³/mol. The monoisotopic (exact) mass is 364 g/mol. The molecule has 0 saturated carbocycles. The molecule has 132 valence electrons. The first-order valence-electron chi connectivity index (χ1n) is 7.04. The summed E-state index contributed by atoms with van der Waals surface area (Å²) in [5.74, 6) is 0. The Hall–Kier alpha value is -1.39. The molecule has 0 aromatic carbocycles. The Morgan fingerprint density at radius 1 is 1.30 bits per heavy atom. The maximum Gasteiger partial charge on any atom is 0.407 e. The number of hydrogen-bond donors (Lipinski definition) is 2. The van der Waals surface area contributed by atoms with E-state index >= 15 is 0 Å². The van der Waals surface area contributed by atoms with Crippen LogP contribution in [0.25, 0.3) is 0 Å². The summed E-state index contributed by atoms with van der Waals surface area (Å²) in [5, 5.41) is 6.09. The van der Waals surface area contributed by atoms with E-state index in [1.165, 1.54) is 14.1 Å². The second-order valence-corrected chi connectivity index (χ2v) is 9.38. The van der Waals surface area contributed by atoms with E-state index in [0.29, 0.717) is 23.9 Å². The number of thiazole rings is 1. The van der Waals surface area contributed by atoms with Crippen molar-refractivity contribution in [3.63, 3.8) is 0 Å². The zero-order valence-electron chi connectivity index (χ0n) is 14.3. The first-order valence-corrected chi connectivity index (χ1v) is 9.30. The van der Waals surface area contributed by atoms with Gasteiger partial charge in [0.15, 0.2) is 9.34 Å². The highest BCUT2D eigenvalue weighted by molar-refractivity contribution is 7.91. The second kappa shape index (κ2) is 7.45. The second-order valence-electron chi connectivity index (χ2n) is 6.03. The van der Waals surface area contributed by atoms with Crippen LogP contribution >= 0.6 is 11.3 Å². The lowest BCUT2D eigenvalue weighted by atomic mass is 10.2. The third kappa shape index (κ3) is 5.96. The summed E-state index contributed by atoms with van der Waals surface area (Å²) in [7, 11) is -0.534. The quantitative estimate of drug-likeness (QED) is 0.744. The number of anilines is 1. The lowest BCUT2D eigenvalue weighted by molar-refractivity contribution is 0.0530. The number of nitrogens with one attached hydrogen (secondary N) is 2. The minimum absolute atomic E-state index is 0.213. The van der Waals surface area contributed by atoms with Crippen molar-refractivity contribution in [1.29, 1.82) is 0 Å². The van der Waals surface area contributed by atoms with Gasteiger partial charge in [0.25, 0.3) is 10.0 Å². The molecule has 1 rings (SSSR count). The summed E-state index contributed by atoms with van der Waals surface area (Å²) in [6.07, 6.45) is -0.495. The van der Waals surface area contributed by atoms with E-state index in [1.54, 1.807) is 27.7 Å². The molecule has 1 heterocycles. The van der Waals surface area contributed by atoms with Crippen LogP contribution in [0.5, 0.6) is 0 Å². The molecule has 0 radical (unpaired) electrons. The zero-order chi connectivity index (χ0) is 17.8. The minimum atomic E-state index is -3.49. The van der Waals surface area contributed by atoms with Crippen molar-refractivity contribution in [2.45, 2.75) is 37.5 Å². The number of aryl methyl sites for hydroxylation is 1. The number of carbonyl (C=O) groups excluding carboxylic acids is 1. The number of alkyl carbamates (subject to hydrolysis) is 1. The zero-order valence-corrected chi connectivity index (χ0v) is 15.9. The van der Waals surface area contributed by atoms with Crippen molar-refractivity contribution < 1.29 is 17.9 Å². The number of rotatable bonds is 6. The molecule has 2 N–H and O–H groups in total. The van der Waals surface area contributed by atoms with Gasteiger partial charge in [-0.25, -0.2) is 22.5 Å². The first kappa shape index (κ1) is 19.7. The molecule has 0 bridgehead atoms. The maximum atomic E-state index is 12.1. The molecule has 1 aromatic heterocycles. The molecule has 0 aliphatic carbocycles. The van der Waals surface area contributed by atoms with Crippen LogP contribution in [-0.4, -0.2) is 56.6 Å². The Labute approximate surface area is 141 Å². The van der Waals surface area contributed by atoms with Gasteiger partial charge in [0.05, 0.1) is 5.69 Å². The standard InChI is InChI=1S/C13H24N4O4S2/c1-9-10(23(19,20)17(5)6)22-11(16-9)14-7-8-15-12(18)21-13(2,3)4/h7-8H2,1-6H3,(H,14,16)(H,15,18). The molecule has 0 atom stereocenters. The Bertz CT molecular complexity index is 647. The van der Waals surface area contributed by atoms with Gasteiger partial charge in [0, 0.05) is 27.2 Å². The van der Waals surface area contributed by atoms with Crippen LogP contribution < -0.4 is 10.6 Å². The van der Waals surface area contributed by atoms with Gasteiger partial charge in [-0.1, -0.05) is 11.3 Å². The highest BCUT2D eigenvalue weighted by Crippen LogP contribution is 2.28. The molecule has 0 spiro atoms. The SMILES string of the molecule is Cc1nc(NCCNC(=O)OC(C)(C)C)sc1S(=O)(=O)N(C)C. The van der Waals surface area contributed by atoms with E-state index in [2.05, 4.69) is 15.6 Å². The molecule has 8 nitrogen and oxygen atoms in total. The van der Waals surface area contributed by atoms with Gasteiger partial charge in [-0.3, -0.25) is 0 Å². The predicted octanol–water partition coefficient (Wildman–Crippen LogP) is 1.64. The fourth-order valence-corrected chi connectivity index (χ4v) is 4.09. The smallest absolute Gasteiger partial charge is 0.407 e. The number of aromatic nitrogens is 1. The normalized spacial score (nSPS) is 12.3. The van der Waals surface area contributed by atoms with Gasteiger partial charge >= 0.3 is 6.09 Å². The number of carbonyl (C=O) groups is 1. The van der Waals surface area contributed by atoms with Crippen molar-refractivity contribution in [3.8, 4) is 0 Å². The molecule has 0 aliphatic rings. The Kier molecular flexibility index (Phi) is 6.37. The van der Waals surface area contributed by atoms with Crippen LogP contribution in [0.15, 0.2) is 4.21 Å². The topological polar surface area (TPSA) is 101 Å². The third-order valence-electron chi connectivity index (χ3n) is 2.54. The molecule has 1 amide bonds. The van der Waals surface area contributed by atoms with E-state index in [0.717, 1.165) is 15.6 Å². The van der Waals surface area contributed by atoms with Crippen molar-refractivity contribution in [2.75, 3.05) is 32.5 Å². The summed E-state index contributed by atoms with van der Waals surface area (Å²) < 4.78 is 30.7. The summed E-state index contributed by atoms with van der Waals surface area (Å²) in [6.45, 7) is 7.76. The molecule has 0 fully saturated rings. The average Bonchev–Trinajstić information content (AvgIpc) is 2.74. The van der Waals surface area contributed by atoms with Crippen LogP contribution in [0.1, 0.15) is 26.5 Å². The first-order chi connectivity index (χ1) is 10.4. The molecule has 0 aliphatic heterocycles. The van der Waals surface area contributed by atoms with Crippen LogP contribution in [0.2, 0.25) is 0 Å². The molecule has 1 aromatic rings. The number of hydrogen-bond acceptors (Lipinski definition) is 7. The fraction of sp³-hybridized carbons (Fsp3) is 0.692. The third-order valence-corrected chi connectivity index (χ3v) is 6.06. The van der Waals surface area contributed by atoms with E-state index < -0.39 is 21.7 Å². The maximum absolute atomic E-state index is 12.1. The summed E-state index contributed by atoms with van der Waals surface area (Å²) >= 11 is 1.07. The van der Waals surface area contributed by atoms with Crippen LogP contribution in [0, 0.1) is 6.92 Å². The van der Waals surface area contributed by atoms with Gasteiger partial charge in [0.1, 0.15) is 5.60 Å². The lowest BCUT2D eigenvalue weighted by Gasteiger charge is -2.19. The number of nitrogens with zero attached hydrogens (tertiary/aromatic N) is 2. The molecular weight excluding hydrogens is 340 g/mol. The minimum Gasteiger partial charge on any atom is -0.444 e. The van der Waals surface area contributed by atoms with Gasteiger partial charge in [-0.05, 0) is 27.7 Å². The largest absolute Gasteiger partial charge is 0.444 e. The summed E-state index contributed by atoms with van der Waals surface area (Å²) in [5.41, 5.74) is -0.0920. The number of ether oxygens (including phenoxy) is 1. The summed E-state index contributed by atoms with van der Waals surface area (Å²) in [6, 6.07) is 0. The Balaban J connectivity index is 2.53. The van der Waals surface area contributed by atoms with E-state index in [-0.39, 0.29) is 4.21 Å². The highest BCUT2D eigenvalue weighted by Gasteiger charge is 2.24. The molecular formula is C13H24N4O4S2. The van der Waals surface area contributed by atoms with E-state index in [1.807, 2.05) is 0 Å². The van der Waals surface area contributed by atoms with Crippen molar-refractivity contribution in [3.05, 3.63) is 5.69 Å². The van der Waals surface area contributed by atoms with Crippen LogP contribution in [-0.2, 0) is 14.8 Å². The van der Waals surface area contributed by atoms with Gasteiger partial charge in [0.2, 0.25) is 0 Å². The van der Waals surface area contributed by atoms with Gasteiger partial charge in [-0.2, -0.15) is 0 Å².